The van der Waals surface area contributed by atoms with Crippen LogP contribution in [0.1, 0.15) is 57.7 Å². The summed E-state index contributed by atoms with van der Waals surface area (Å²) >= 11 is 13.0. The molecule has 1 aliphatic carbocycles. The number of hydrogen-bond acceptors (Lipinski definition) is 3. The van der Waals surface area contributed by atoms with Gasteiger partial charge < -0.3 is 14.7 Å². The predicted octanol–water partition coefficient (Wildman–Crippen LogP) is 10.9. The maximum atomic E-state index is 13.7. The van der Waals surface area contributed by atoms with E-state index in [1.807, 2.05) is 111 Å². The average molecular weight is 731 g/mol. The van der Waals surface area contributed by atoms with Gasteiger partial charge in [-0.3, -0.25) is 9.59 Å². The van der Waals surface area contributed by atoms with Crippen molar-refractivity contribution in [2.24, 2.45) is 0 Å². The normalized spacial score (nSPS) is 16.8. The van der Waals surface area contributed by atoms with Crippen LogP contribution in [0, 0.1) is 0 Å². The van der Waals surface area contributed by atoms with Gasteiger partial charge in [-0.25, -0.2) is 0 Å². The third kappa shape index (κ3) is 7.13. The van der Waals surface area contributed by atoms with Crippen molar-refractivity contribution in [2.75, 3.05) is 35.3 Å². The molecule has 1 heterocycles. The Morgan fingerprint density at radius 3 is 1.90 bits per heavy atom. The van der Waals surface area contributed by atoms with E-state index in [1.165, 1.54) is 0 Å². The minimum atomic E-state index is -0.401. The second-order valence-corrected chi connectivity index (χ2v) is 15.5. The van der Waals surface area contributed by atoms with E-state index in [1.54, 1.807) is 9.80 Å². The molecule has 0 radical (unpaired) electrons. The van der Waals surface area contributed by atoms with E-state index in [4.69, 9.17) is 23.2 Å². The van der Waals surface area contributed by atoms with E-state index < -0.39 is 5.41 Å². The molecule has 0 fully saturated rings. The van der Waals surface area contributed by atoms with Gasteiger partial charge in [-0.1, -0.05) is 117 Å². The van der Waals surface area contributed by atoms with Crippen molar-refractivity contribution >= 4 is 57.7 Å². The molecule has 5 nitrogen and oxygen atoms in total. The largest absolute Gasteiger partial charge is 0.335 e. The van der Waals surface area contributed by atoms with Gasteiger partial charge in [0.25, 0.3) is 0 Å². The molecule has 6 rings (SSSR count). The Bertz CT molecular complexity index is 2150. The third-order valence-electron chi connectivity index (χ3n) is 10.5. The fraction of sp³-hybridized carbons (Fsp3) is 0.244. The summed E-state index contributed by atoms with van der Waals surface area (Å²) < 4.78 is 0. The molecule has 0 saturated carbocycles. The van der Waals surface area contributed by atoms with Crippen LogP contribution in [0.4, 0.5) is 17.1 Å². The summed E-state index contributed by atoms with van der Waals surface area (Å²) in [6.45, 7) is 11.0. The van der Waals surface area contributed by atoms with Gasteiger partial charge in [-0.2, -0.15) is 0 Å². The van der Waals surface area contributed by atoms with Gasteiger partial charge in [0.2, 0.25) is 11.8 Å². The quantitative estimate of drug-likeness (QED) is 0.161. The van der Waals surface area contributed by atoms with Gasteiger partial charge in [-0.15, -0.1) is 0 Å². The fourth-order valence-corrected chi connectivity index (χ4v) is 7.71. The second kappa shape index (κ2) is 14.7. The van der Waals surface area contributed by atoms with Crippen LogP contribution in [0.2, 0.25) is 10.0 Å². The Labute approximate surface area is 318 Å². The fourth-order valence-electron chi connectivity index (χ4n) is 7.36. The standard InChI is InChI=1S/C45H45Cl2N3O2/c1-30(18-23-37-36(28-42(51)48(6)33-14-10-8-11-15-33)35-22-20-31(46)26-38(35)44(37,2)3)19-25-41-45(4,5)39-27-32(47)21-24-40(39)50(41)29-43(52)49(7)34-16-12-9-13-17-34/h8-27H,28-29H2,1-7H3. The van der Waals surface area contributed by atoms with Gasteiger partial charge in [0, 0.05) is 57.7 Å². The SMILES string of the molecule is CC(C=CC1=C(CC(=O)N(C)c2ccccc2)c2ccc(Cl)cc2C1(C)C)=CC=C1N(CC(=O)N(C)c2ccccc2)c2ccc(Cl)cc2C1(C)C. The smallest absolute Gasteiger partial charge is 0.246 e. The zero-order chi connectivity index (χ0) is 37.4. The zero-order valence-corrected chi connectivity index (χ0v) is 32.4. The summed E-state index contributed by atoms with van der Waals surface area (Å²) in [5.41, 5.74) is 9.25. The molecule has 2 aliphatic rings. The number of allylic oxidation sites excluding steroid dienone is 7. The van der Waals surface area contributed by atoms with Crippen molar-refractivity contribution < 1.29 is 9.59 Å². The lowest BCUT2D eigenvalue weighted by Crippen LogP contribution is -2.38. The molecule has 0 bridgehead atoms. The molecule has 0 N–H and O–H groups in total. The highest BCUT2D eigenvalue weighted by atomic mass is 35.5. The van der Waals surface area contributed by atoms with E-state index >= 15 is 0 Å². The van der Waals surface area contributed by atoms with E-state index in [0.717, 1.165) is 56.2 Å². The number of rotatable bonds is 9. The molecular formula is C45H45Cl2N3O2. The molecule has 4 aromatic rings. The molecule has 0 unspecified atom stereocenters. The van der Waals surface area contributed by atoms with Crippen LogP contribution in [0.25, 0.3) is 5.57 Å². The summed E-state index contributed by atoms with van der Waals surface area (Å²) in [4.78, 5) is 32.9. The van der Waals surface area contributed by atoms with Gasteiger partial charge in [0.1, 0.15) is 6.54 Å². The monoisotopic (exact) mass is 729 g/mol. The van der Waals surface area contributed by atoms with Crippen molar-refractivity contribution in [3.05, 3.63) is 165 Å². The topological polar surface area (TPSA) is 43.9 Å². The highest BCUT2D eigenvalue weighted by Crippen LogP contribution is 2.50. The van der Waals surface area contributed by atoms with Crippen LogP contribution in [0.15, 0.2) is 138 Å². The lowest BCUT2D eigenvalue weighted by molar-refractivity contribution is -0.118. The molecular weight excluding hydrogens is 685 g/mol. The molecule has 0 aromatic heterocycles. The Morgan fingerprint density at radius 2 is 1.29 bits per heavy atom. The summed E-state index contributed by atoms with van der Waals surface area (Å²) in [5, 5.41) is 1.33. The molecule has 4 aromatic carbocycles. The molecule has 0 atom stereocenters. The molecule has 7 heteroatoms. The van der Waals surface area contributed by atoms with Crippen LogP contribution in [-0.4, -0.2) is 32.5 Å². The number of para-hydroxylation sites is 2. The molecule has 0 spiro atoms. The maximum Gasteiger partial charge on any atom is 0.246 e. The lowest BCUT2D eigenvalue weighted by atomic mass is 9.80. The Kier molecular flexibility index (Phi) is 10.4. The van der Waals surface area contributed by atoms with Gasteiger partial charge in [0.05, 0.1) is 6.42 Å². The first-order valence-electron chi connectivity index (χ1n) is 17.5. The van der Waals surface area contributed by atoms with Gasteiger partial charge >= 0.3 is 0 Å². The minimum absolute atomic E-state index is 0.0124. The number of carbonyl (C=O) groups is 2. The minimum Gasteiger partial charge on any atom is -0.335 e. The molecule has 52 heavy (non-hydrogen) atoms. The number of nitrogens with zero attached hydrogens (tertiary/aromatic N) is 3. The van der Waals surface area contributed by atoms with E-state index in [-0.39, 0.29) is 30.2 Å². The van der Waals surface area contributed by atoms with Gasteiger partial charge in [0.15, 0.2) is 0 Å². The number of benzene rings is 4. The number of likely N-dealkylation sites (N-methyl/N-ethyl adjacent to an activating group) is 1. The number of anilines is 3. The molecule has 1 aliphatic heterocycles. The summed E-state index contributed by atoms with van der Waals surface area (Å²) in [6.07, 6.45) is 8.72. The number of carbonyl (C=O) groups excluding carboxylic acids is 2. The second-order valence-electron chi connectivity index (χ2n) is 14.6. The number of halogens is 2. The van der Waals surface area contributed by atoms with Crippen molar-refractivity contribution in [2.45, 2.75) is 51.9 Å². The van der Waals surface area contributed by atoms with Crippen LogP contribution >= 0.6 is 23.2 Å². The summed E-state index contributed by atoms with van der Waals surface area (Å²) in [6, 6.07) is 31.2. The number of fused-ring (bicyclic) bond motifs is 2. The highest BCUT2D eigenvalue weighted by molar-refractivity contribution is 6.31. The first-order valence-corrected chi connectivity index (χ1v) is 18.3. The first kappa shape index (κ1) is 36.9. The first-order chi connectivity index (χ1) is 24.7. The summed E-state index contributed by atoms with van der Waals surface area (Å²) in [5.74, 6) is -0.00951. The Morgan fingerprint density at radius 1 is 0.731 bits per heavy atom. The molecule has 266 valence electrons. The number of hydrogen-bond donors (Lipinski definition) is 0. The Hall–Kier alpha value is -4.84. The zero-order valence-electron chi connectivity index (χ0n) is 30.9. The van der Waals surface area contributed by atoms with Crippen molar-refractivity contribution in [1.82, 2.24) is 0 Å². The van der Waals surface area contributed by atoms with Crippen LogP contribution in [0.5, 0.6) is 0 Å². The lowest BCUT2D eigenvalue weighted by Gasteiger charge is -2.28. The predicted molar refractivity (Wildman–Crippen MR) is 219 cm³/mol. The van der Waals surface area contributed by atoms with E-state index in [9.17, 15) is 9.59 Å². The number of amides is 2. The van der Waals surface area contributed by atoms with Crippen LogP contribution in [-0.2, 0) is 20.4 Å². The molecule has 0 saturated heterocycles. The van der Waals surface area contributed by atoms with Crippen LogP contribution in [0.3, 0.4) is 0 Å². The van der Waals surface area contributed by atoms with Crippen molar-refractivity contribution in [3.8, 4) is 0 Å². The van der Waals surface area contributed by atoms with Crippen molar-refractivity contribution in [3.63, 3.8) is 0 Å². The van der Waals surface area contributed by atoms with E-state index in [0.29, 0.717) is 10.0 Å². The highest BCUT2D eigenvalue weighted by Gasteiger charge is 2.41. The maximum absolute atomic E-state index is 13.7. The van der Waals surface area contributed by atoms with E-state index in [2.05, 4.69) is 63.8 Å². The summed E-state index contributed by atoms with van der Waals surface area (Å²) in [7, 11) is 3.64. The van der Waals surface area contributed by atoms with Crippen molar-refractivity contribution in [1.29, 1.82) is 0 Å². The molecule has 2 amide bonds. The third-order valence-corrected chi connectivity index (χ3v) is 11.0. The van der Waals surface area contributed by atoms with Gasteiger partial charge in [-0.05, 0) is 95.4 Å². The Balaban J connectivity index is 1.34. The van der Waals surface area contributed by atoms with Crippen LogP contribution < -0.4 is 14.7 Å². The average Bonchev–Trinajstić information content (AvgIpc) is 3.46.